The van der Waals surface area contributed by atoms with Crippen molar-refractivity contribution in [1.29, 1.82) is 0 Å². The average Bonchev–Trinajstić information content (AvgIpc) is 2.71. The van der Waals surface area contributed by atoms with Gasteiger partial charge >= 0.3 is 12.1 Å². The Morgan fingerprint density at radius 2 is 1.79 bits per heavy atom. The zero-order chi connectivity index (χ0) is 21.0. The minimum atomic E-state index is -4.52. The highest BCUT2D eigenvalue weighted by Gasteiger charge is 2.31. The van der Waals surface area contributed by atoms with E-state index in [9.17, 15) is 18.0 Å². The van der Waals surface area contributed by atoms with Crippen LogP contribution in [0.25, 0.3) is 11.0 Å². The second-order valence-electron chi connectivity index (χ2n) is 6.04. The number of methoxy groups -OCH3 is 1. The van der Waals surface area contributed by atoms with E-state index in [1.165, 1.54) is 6.07 Å². The molecular formula is C20H18F3N3O3. The first kappa shape index (κ1) is 20.4. The smallest absolute Gasteiger partial charge is 0.416 e. The fourth-order valence-electron chi connectivity index (χ4n) is 2.62. The summed E-state index contributed by atoms with van der Waals surface area (Å²) < 4.78 is 49.0. The fraction of sp³-hybridized carbons (Fsp3) is 0.250. The molecule has 29 heavy (non-hydrogen) atoms. The van der Waals surface area contributed by atoms with Gasteiger partial charge in [-0.05, 0) is 42.8 Å². The molecule has 3 aromatic rings. The van der Waals surface area contributed by atoms with Crippen molar-refractivity contribution in [2.75, 3.05) is 19.0 Å². The summed E-state index contributed by atoms with van der Waals surface area (Å²) in [6.07, 6.45) is -4.52. The van der Waals surface area contributed by atoms with Crippen LogP contribution in [0.5, 0.6) is 5.75 Å². The first-order valence-electron chi connectivity index (χ1n) is 8.74. The third-order valence-electron chi connectivity index (χ3n) is 4.08. The van der Waals surface area contributed by atoms with Gasteiger partial charge in [0.2, 0.25) is 0 Å². The van der Waals surface area contributed by atoms with Gasteiger partial charge in [-0.3, -0.25) is 0 Å². The van der Waals surface area contributed by atoms with E-state index in [1.54, 1.807) is 26.2 Å². The van der Waals surface area contributed by atoms with Crippen LogP contribution in [-0.2, 0) is 17.5 Å². The van der Waals surface area contributed by atoms with Crippen LogP contribution in [0, 0.1) is 0 Å². The third-order valence-corrected chi connectivity index (χ3v) is 4.08. The standard InChI is InChI=1S/C20H18F3N3O3/c1-3-29-19(27)17-18(24-11-12-4-7-14(28-2)8-5-12)26-15-9-6-13(20(21,22)23)10-16(15)25-17/h4-10H,3,11H2,1-2H3,(H,24,26). The van der Waals surface area contributed by atoms with Gasteiger partial charge in [-0.2, -0.15) is 13.2 Å². The van der Waals surface area contributed by atoms with E-state index in [0.717, 1.165) is 17.7 Å². The summed E-state index contributed by atoms with van der Waals surface area (Å²) in [6.45, 7) is 2.04. The Morgan fingerprint density at radius 3 is 2.41 bits per heavy atom. The highest BCUT2D eigenvalue weighted by molar-refractivity contribution is 5.95. The second kappa shape index (κ2) is 8.34. The molecule has 3 rings (SSSR count). The van der Waals surface area contributed by atoms with E-state index in [2.05, 4.69) is 15.3 Å². The van der Waals surface area contributed by atoms with Crippen molar-refractivity contribution >= 4 is 22.8 Å². The quantitative estimate of drug-likeness (QED) is 0.611. The van der Waals surface area contributed by atoms with E-state index in [1.807, 2.05) is 12.1 Å². The number of benzene rings is 2. The lowest BCUT2D eigenvalue weighted by Crippen LogP contribution is -2.14. The number of halogens is 3. The van der Waals surface area contributed by atoms with Crippen molar-refractivity contribution in [1.82, 2.24) is 9.97 Å². The maximum atomic E-state index is 13.0. The SMILES string of the molecule is CCOC(=O)c1nc2cc(C(F)(F)F)ccc2nc1NCc1ccc(OC)cc1. The first-order valence-corrected chi connectivity index (χ1v) is 8.74. The molecule has 152 valence electrons. The number of rotatable bonds is 6. The van der Waals surface area contributed by atoms with Crippen LogP contribution >= 0.6 is 0 Å². The van der Waals surface area contributed by atoms with Gasteiger partial charge < -0.3 is 14.8 Å². The Morgan fingerprint density at radius 1 is 1.07 bits per heavy atom. The molecule has 9 heteroatoms. The predicted octanol–water partition coefficient (Wildman–Crippen LogP) is 4.45. The fourth-order valence-corrected chi connectivity index (χ4v) is 2.62. The summed E-state index contributed by atoms with van der Waals surface area (Å²) in [5.41, 5.74) is 0.0244. The van der Waals surface area contributed by atoms with Crippen molar-refractivity contribution in [3.63, 3.8) is 0 Å². The predicted molar refractivity (Wildman–Crippen MR) is 101 cm³/mol. The Kier molecular flexibility index (Phi) is 5.86. The summed E-state index contributed by atoms with van der Waals surface area (Å²) in [6, 6.07) is 10.2. The number of hydrogen-bond acceptors (Lipinski definition) is 6. The molecule has 0 radical (unpaired) electrons. The lowest BCUT2D eigenvalue weighted by Gasteiger charge is -2.13. The Labute approximate surface area is 164 Å². The number of hydrogen-bond donors (Lipinski definition) is 1. The summed E-state index contributed by atoms with van der Waals surface area (Å²) in [5.74, 6) is 0.0648. The molecule has 0 bridgehead atoms. The van der Waals surface area contributed by atoms with Gasteiger partial charge in [-0.25, -0.2) is 14.8 Å². The molecule has 6 nitrogen and oxygen atoms in total. The highest BCUT2D eigenvalue weighted by Crippen LogP contribution is 2.31. The minimum Gasteiger partial charge on any atom is -0.497 e. The topological polar surface area (TPSA) is 73.3 Å². The van der Waals surface area contributed by atoms with Crippen LogP contribution in [0.4, 0.5) is 19.0 Å². The van der Waals surface area contributed by atoms with Crippen LogP contribution < -0.4 is 10.1 Å². The van der Waals surface area contributed by atoms with Gasteiger partial charge in [0, 0.05) is 6.54 Å². The number of carbonyl (C=O) groups excluding carboxylic acids is 1. The van der Waals surface area contributed by atoms with Gasteiger partial charge in [0.1, 0.15) is 5.75 Å². The number of nitrogens with one attached hydrogen (secondary N) is 1. The molecule has 2 aromatic carbocycles. The molecule has 0 aliphatic carbocycles. The van der Waals surface area contributed by atoms with Crippen molar-refractivity contribution in [2.45, 2.75) is 19.6 Å². The molecule has 0 aliphatic heterocycles. The molecule has 0 saturated heterocycles. The maximum Gasteiger partial charge on any atom is 0.416 e. The van der Waals surface area contributed by atoms with Gasteiger partial charge in [0.25, 0.3) is 0 Å². The normalized spacial score (nSPS) is 11.3. The summed E-state index contributed by atoms with van der Waals surface area (Å²) in [4.78, 5) is 20.7. The van der Waals surface area contributed by atoms with E-state index in [4.69, 9.17) is 9.47 Å². The van der Waals surface area contributed by atoms with Gasteiger partial charge in [0.05, 0.1) is 30.3 Å². The van der Waals surface area contributed by atoms with Crippen molar-refractivity contribution in [2.24, 2.45) is 0 Å². The Bertz CT molecular complexity index is 1020. The highest BCUT2D eigenvalue weighted by atomic mass is 19.4. The molecule has 0 spiro atoms. The van der Waals surface area contributed by atoms with Crippen LogP contribution in [0.2, 0.25) is 0 Å². The van der Waals surface area contributed by atoms with Crippen LogP contribution in [0.3, 0.4) is 0 Å². The molecule has 0 amide bonds. The van der Waals surface area contributed by atoms with Crippen molar-refractivity contribution in [3.8, 4) is 5.75 Å². The summed E-state index contributed by atoms with van der Waals surface area (Å²) in [5, 5.41) is 3.01. The molecule has 1 heterocycles. The number of anilines is 1. The zero-order valence-electron chi connectivity index (χ0n) is 15.7. The van der Waals surface area contributed by atoms with Gasteiger partial charge in [-0.15, -0.1) is 0 Å². The van der Waals surface area contributed by atoms with Gasteiger partial charge in [-0.1, -0.05) is 12.1 Å². The molecule has 0 fully saturated rings. The van der Waals surface area contributed by atoms with E-state index in [0.29, 0.717) is 12.3 Å². The Balaban J connectivity index is 1.96. The van der Waals surface area contributed by atoms with E-state index >= 15 is 0 Å². The number of esters is 1. The maximum absolute atomic E-state index is 13.0. The zero-order valence-corrected chi connectivity index (χ0v) is 15.7. The van der Waals surface area contributed by atoms with E-state index in [-0.39, 0.29) is 29.2 Å². The number of aromatic nitrogens is 2. The first-order chi connectivity index (χ1) is 13.8. The lowest BCUT2D eigenvalue weighted by atomic mass is 10.2. The Hall–Kier alpha value is -3.36. The molecule has 0 unspecified atom stereocenters. The van der Waals surface area contributed by atoms with Crippen molar-refractivity contribution < 1.29 is 27.4 Å². The van der Waals surface area contributed by atoms with Crippen LogP contribution in [0.15, 0.2) is 42.5 Å². The van der Waals surface area contributed by atoms with E-state index < -0.39 is 17.7 Å². The molecule has 1 N–H and O–H groups in total. The third kappa shape index (κ3) is 4.74. The second-order valence-corrected chi connectivity index (χ2v) is 6.04. The minimum absolute atomic E-state index is 0.0436. The number of carbonyl (C=O) groups is 1. The number of nitrogens with zero attached hydrogens (tertiary/aromatic N) is 2. The number of alkyl halides is 3. The van der Waals surface area contributed by atoms with Crippen LogP contribution in [-0.4, -0.2) is 29.7 Å². The van der Waals surface area contributed by atoms with Crippen molar-refractivity contribution in [3.05, 3.63) is 59.3 Å². The molecule has 0 saturated carbocycles. The monoisotopic (exact) mass is 405 g/mol. The van der Waals surface area contributed by atoms with Gasteiger partial charge in [0.15, 0.2) is 11.5 Å². The lowest BCUT2D eigenvalue weighted by molar-refractivity contribution is -0.137. The largest absolute Gasteiger partial charge is 0.497 e. The summed E-state index contributed by atoms with van der Waals surface area (Å²) in [7, 11) is 1.56. The van der Waals surface area contributed by atoms with Crippen LogP contribution in [0.1, 0.15) is 28.5 Å². The molecule has 1 aromatic heterocycles. The number of ether oxygens (including phenoxy) is 2. The summed E-state index contributed by atoms with van der Waals surface area (Å²) >= 11 is 0. The molecular weight excluding hydrogens is 387 g/mol. The number of fused-ring (bicyclic) bond motifs is 1. The molecule has 0 atom stereocenters. The average molecular weight is 405 g/mol. The molecule has 0 aliphatic rings.